The summed E-state index contributed by atoms with van der Waals surface area (Å²) in [5.41, 5.74) is 1.48. The van der Waals surface area contributed by atoms with Crippen molar-refractivity contribution in [2.45, 2.75) is 0 Å². The number of benzene rings is 1. The molecule has 0 amide bonds. The van der Waals surface area contributed by atoms with Gasteiger partial charge in [0, 0.05) is 0 Å². The van der Waals surface area contributed by atoms with Crippen LogP contribution in [0.2, 0.25) is 0 Å². The van der Waals surface area contributed by atoms with E-state index in [9.17, 15) is 4.79 Å². The van der Waals surface area contributed by atoms with Crippen LogP contribution in [0.15, 0.2) is 60.1 Å². The lowest BCUT2D eigenvalue weighted by Crippen LogP contribution is -2.08. The Hall–Kier alpha value is -2.20. The summed E-state index contributed by atoms with van der Waals surface area (Å²) in [7, 11) is 0. The van der Waals surface area contributed by atoms with Crippen LogP contribution in [0.1, 0.15) is 15.4 Å². The second kappa shape index (κ2) is 4.58. The number of aromatic nitrogens is 2. The molecule has 0 fully saturated rings. The first-order valence-electron chi connectivity index (χ1n) is 5.54. The summed E-state index contributed by atoms with van der Waals surface area (Å²) in [6.07, 6.45) is 1.65. The number of rotatable bonds is 3. The minimum atomic E-state index is 0.00588. The first-order chi connectivity index (χ1) is 8.86. The zero-order valence-corrected chi connectivity index (χ0v) is 10.3. The highest BCUT2D eigenvalue weighted by atomic mass is 32.1. The minimum Gasteiger partial charge on any atom is -0.286 e. The molecule has 18 heavy (non-hydrogen) atoms. The van der Waals surface area contributed by atoms with Crippen molar-refractivity contribution in [2.24, 2.45) is 0 Å². The SMILES string of the molecule is O=C(c1cccs1)c1ccnn1-c1ccccc1. The number of para-hydroxylation sites is 1. The number of carbonyl (C=O) groups excluding carboxylic acids is 1. The number of thiophene rings is 1. The molecule has 4 heteroatoms. The highest BCUT2D eigenvalue weighted by Crippen LogP contribution is 2.17. The van der Waals surface area contributed by atoms with E-state index in [2.05, 4.69) is 5.10 Å². The quantitative estimate of drug-likeness (QED) is 0.673. The first-order valence-corrected chi connectivity index (χ1v) is 6.42. The Morgan fingerprint density at radius 2 is 1.89 bits per heavy atom. The van der Waals surface area contributed by atoms with Gasteiger partial charge in [0.05, 0.1) is 16.8 Å². The van der Waals surface area contributed by atoms with E-state index in [1.807, 2.05) is 47.8 Å². The van der Waals surface area contributed by atoms with E-state index >= 15 is 0 Å². The van der Waals surface area contributed by atoms with Crippen molar-refractivity contribution in [3.8, 4) is 5.69 Å². The van der Waals surface area contributed by atoms with Gasteiger partial charge >= 0.3 is 0 Å². The molecule has 2 heterocycles. The predicted molar refractivity (Wildman–Crippen MR) is 71.3 cm³/mol. The van der Waals surface area contributed by atoms with Crippen molar-refractivity contribution in [1.29, 1.82) is 0 Å². The van der Waals surface area contributed by atoms with Crippen molar-refractivity contribution in [3.05, 3.63) is 70.7 Å². The van der Waals surface area contributed by atoms with Gasteiger partial charge in [-0.1, -0.05) is 24.3 Å². The fraction of sp³-hybridized carbons (Fsp3) is 0. The summed E-state index contributed by atoms with van der Waals surface area (Å²) in [6.45, 7) is 0. The zero-order chi connectivity index (χ0) is 12.4. The summed E-state index contributed by atoms with van der Waals surface area (Å²) in [4.78, 5) is 13.0. The molecule has 2 aromatic heterocycles. The number of hydrogen-bond acceptors (Lipinski definition) is 3. The molecule has 3 rings (SSSR count). The number of nitrogens with zero attached hydrogens (tertiary/aromatic N) is 2. The van der Waals surface area contributed by atoms with Gasteiger partial charge < -0.3 is 0 Å². The van der Waals surface area contributed by atoms with Crippen molar-refractivity contribution in [2.75, 3.05) is 0 Å². The van der Waals surface area contributed by atoms with Crippen LogP contribution in [-0.2, 0) is 0 Å². The Bertz CT molecular complexity index is 656. The van der Waals surface area contributed by atoms with E-state index in [-0.39, 0.29) is 5.78 Å². The second-order valence-electron chi connectivity index (χ2n) is 3.77. The molecule has 0 radical (unpaired) electrons. The highest BCUT2D eigenvalue weighted by molar-refractivity contribution is 7.12. The smallest absolute Gasteiger partial charge is 0.221 e. The monoisotopic (exact) mass is 254 g/mol. The van der Waals surface area contributed by atoms with E-state index < -0.39 is 0 Å². The van der Waals surface area contributed by atoms with Gasteiger partial charge in [-0.3, -0.25) is 4.79 Å². The average Bonchev–Trinajstić information content (AvgIpc) is 3.10. The molecular formula is C14H10N2OS. The maximum Gasteiger partial charge on any atom is 0.221 e. The molecule has 0 aliphatic rings. The Kier molecular flexibility index (Phi) is 2.78. The van der Waals surface area contributed by atoms with Crippen molar-refractivity contribution >= 4 is 17.1 Å². The molecule has 0 saturated carbocycles. The van der Waals surface area contributed by atoms with Crippen LogP contribution in [0.25, 0.3) is 5.69 Å². The average molecular weight is 254 g/mol. The summed E-state index contributed by atoms with van der Waals surface area (Å²) in [6, 6.07) is 15.1. The second-order valence-corrected chi connectivity index (χ2v) is 4.72. The van der Waals surface area contributed by atoms with E-state index in [4.69, 9.17) is 0 Å². The summed E-state index contributed by atoms with van der Waals surface area (Å²) in [5.74, 6) is 0.00588. The van der Waals surface area contributed by atoms with E-state index in [0.717, 1.165) is 10.6 Å². The number of carbonyl (C=O) groups is 1. The summed E-state index contributed by atoms with van der Waals surface area (Å²) < 4.78 is 1.67. The van der Waals surface area contributed by atoms with Crippen LogP contribution in [0.4, 0.5) is 0 Å². The molecule has 1 aromatic carbocycles. The van der Waals surface area contributed by atoms with E-state index in [1.54, 1.807) is 16.9 Å². The molecule has 0 aliphatic carbocycles. The molecule has 0 spiro atoms. The molecule has 0 aliphatic heterocycles. The molecule has 3 nitrogen and oxygen atoms in total. The Labute approximate surface area is 108 Å². The topological polar surface area (TPSA) is 34.9 Å². The third-order valence-electron chi connectivity index (χ3n) is 2.62. The molecule has 0 bridgehead atoms. The van der Waals surface area contributed by atoms with E-state index in [1.165, 1.54) is 11.3 Å². The van der Waals surface area contributed by atoms with Crippen LogP contribution >= 0.6 is 11.3 Å². The highest BCUT2D eigenvalue weighted by Gasteiger charge is 2.15. The lowest BCUT2D eigenvalue weighted by Gasteiger charge is -2.05. The van der Waals surface area contributed by atoms with Crippen LogP contribution in [0.5, 0.6) is 0 Å². The predicted octanol–water partition coefficient (Wildman–Crippen LogP) is 3.16. The third-order valence-corrected chi connectivity index (χ3v) is 3.49. The van der Waals surface area contributed by atoms with Gasteiger partial charge in [-0.15, -0.1) is 11.3 Å². The molecule has 88 valence electrons. The minimum absolute atomic E-state index is 0.00588. The molecule has 0 unspecified atom stereocenters. The molecule has 3 aromatic rings. The van der Waals surface area contributed by atoms with Crippen molar-refractivity contribution in [1.82, 2.24) is 9.78 Å². The van der Waals surface area contributed by atoms with Gasteiger partial charge in [-0.2, -0.15) is 5.10 Å². The van der Waals surface area contributed by atoms with Gasteiger partial charge in [-0.05, 0) is 29.6 Å². The van der Waals surface area contributed by atoms with Crippen molar-refractivity contribution < 1.29 is 4.79 Å². The molecule has 0 atom stereocenters. The molecular weight excluding hydrogens is 244 g/mol. The Balaban J connectivity index is 2.05. The van der Waals surface area contributed by atoms with Crippen LogP contribution < -0.4 is 0 Å². The number of ketones is 1. The third kappa shape index (κ3) is 1.87. The first kappa shape index (κ1) is 10.9. The lowest BCUT2D eigenvalue weighted by atomic mass is 10.2. The van der Waals surface area contributed by atoms with Gasteiger partial charge in [-0.25, -0.2) is 4.68 Å². The fourth-order valence-corrected chi connectivity index (χ4v) is 2.46. The maximum atomic E-state index is 12.3. The normalized spacial score (nSPS) is 10.4. The summed E-state index contributed by atoms with van der Waals surface area (Å²) >= 11 is 1.44. The van der Waals surface area contributed by atoms with Crippen molar-refractivity contribution in [3.63, 3.8) is 0 Å². The number of hydrogen-bond donors (Lipinski definition) is 0. The van der Waals surface area contributed by atoms with Crippen LogP contribution in [-0.4, -0.2) is 15.6 Å². The largest absolute Gasteiger partial charge is 0.286 e. The Morgan fingerprint density at radius 3 is 2.61 bits per heavy atom. The fourth-order valence-electron chi connectivity index (χ4n) is 1.78. The maximum absolute atomic E-state index is 12.3. The van der Waals surface area contributed by atoms with Crippen LogP contribution in [0.3, 0.4) is 0 Å². The standard InChI is InChI=1S/C14H10N2OS/c17-14(13-7-4-10-18-13)12-8-9-15-16(12)11-5-2-1-3-6-11/h1-10H. The van der Waals surface area contributed by atoms with Gasteiger partial charge in [0.2, 0.25) is 5.78 Å². The molecule has 0 saturated heterocycles. The molecule has 0 N–H and O–H groups in total. The van der Waals surface area contributed by atoms with Crippen LogP contribution in [0, 0.1) is 0 Å². The van der Waals surface area contributed by atoms with E-state index in [0.29, 0.717) is 5.69 Å². The lowest BCUT2D eigenvalue weighted by molar-refractivity contribution is 0.103. The Morgan fingerprint density at radius 1 is 1.06 bits per heavy atom. The van der Waals surface area contributed by atoms with Gasteiger partial charge in [0.25, 0.3) is 0 Å². The summed E-state index contributed by atoms with van der Waals surface area (Å²) in [5, 5.41) is 6.12. The zero-order valence-electron chi connectivity index (χ0n) is 9.48. The van der Waals surface area contributed by atoms with Gasteiger partial charge in [0.15, 0.2) is 0 Å². The van der Waals surface area contributed by atoms with Gasteiger partial charge in [0.1, 0.15) is 5.69 Å².